The highest BCUT2D eigenvalue weighted by Gasteiger charge is 2.33. The number of rotatable bonds is 4. The molecule has 26 heavy (non-hydrogen) atoms. The van der Waals surface area contributed by atoms with Gasteiger partial charge >= 0.3 is 5.97 Å². The maximum Gasteiger partial charge on any atom is 0.337 e. The Kier molecular flexibility index (Phi) is 5.01. The molecule has 0 saturated carbocycles. The first-order valence-electron chi connectivity index (χ1n) is 7.82. The van der Waals surface area contributed by atoms with E-state index in [1.807, 2.05) is 0 Å². The van der Waals surface area contributed by atoms with E-state index in [0.29, 0.717) is 5.69 Å². The largest absolute Gasteiger partial charge is 0.465 e. The van der Waals surface area contributed by atoms with Gasteiger partial charge in [-0.3, -0.25) is 9.78 Å². The smallest absolute Gasteiger partial charge is 0.337 e. The highest BCUT2D eigenvalue weighted by Crippen LogP contribution is 2.21. The van der Waals surface area contributed by atoms with Gasteiger partial charge in [0.15, 0.2) is 0 Å². The molecule has 1 aliphatic rings. The number of esters is 1. The standard InChI is InChI=1S/C17H17N3O5S/c1-25-17(22)13-4-6-15(7-5-13)26(23,24)19-9-10-20(16(21)12-19)14-3-2-8-18-11-14/h2-8,11H,9-10,12H2,1H3. The van der Waals surface area contributed by atoms with Gasteiger partial charge in [-0.25, -0.2) is 13.2 Å². The normalized spacial score (nSPS) is 15.7. The molecule has 0 spiro atoms. The lowest BCUT2D eigenvalue weighted by atomic mass is 10.2. The Hall–Kier alpha value is -2.78. The van der Waals surface area contributed by atoms with Crippen molar-refractivity contribution in [3.05, 3.63) is 54.4 Å². The van der Waals surface area contributed by atoms with Crippen molar-refractivity contribution < 1.29 is 22.7 Å². The summed E-state index contributed by atoms with van der Waals surface area (Å²) < 4.78 is 31.2. The highest BCUT2D eigenvalue weighted by molar-refractivity contribution is 7.89. The van der Waals surface area contributed by atoms with Crippen LogP contribution in [0.15, 0.2) is 53.7 Å². The Morgan fingerprint density at radius 2 is 1.88 bits per heavy atom. The van der Waals surface area contributed by atoms with E-state index in [4.69, 9.17) is 0 Å². The van der Waals surface area contributed by atoms with Crippen LogP contribution in [0, 0.1) is 0 Å². The summed E-state index contributed by atoms with van der Waals surface area (Å²) in [7, 11) is -2.58. The Labute approximate surface area is 151 Å². The van der Waals surface area contributed by atoms with Gasteiger partial charge in [-0.1, -0.05) is 0 Å². The molecule has 2 heterocycles. The van der Waals surface area contributed by atoms with Gasteiger partial charge in [0.1, 0.15) is 0 Å². The Morgan fingerprint density at radius 3 is 2.46 bits per heavy atom. The van der Waals surface area contributed by atoms with E-state index >= 15 is 0 Å². The first kappa shape index (κ1) is 18.0. The molecule has 0 unspecified atom stereocenters. The van der Waals surface area contributed by atoms with Crippen LogP contribution in [0.2, 0.25) is 0 Å². The molecule has 1 aliphatic heterocycles. The molecular formula is C17H17N3O5S. The van der Waals surface area contributed by atoms with Gasteiger partial charge in [0.05, 0.1) is 36.0 Å². The van der Waals surface area contributed by atoms with E-state index in [9.17, 15) is 18.0 Å². The number of hydrogen-bond acceptors (Lipinski definition) is 6. The van der Waals surface area contributed by atoms with E-state index in [2.05, 4.69) is 9.72 Å². The minimum absolute atomic E-state index is 0.0211. The predicted octanol–water partition coefficient (Wildman–Crippen LogP) is 0.906. The number of ether oxygens (including phenoxy) is 1. The quantitative estimate of drug-likeness (QED) is 0.737. The van der Waals surface area contributed by atoms with Crippen molar-refractivity contribution in [3.63, 3.8) is 0 Å². The van der Waals surface area contributed by atoms with Gasteiger partial charge in [-0.15, -0.1) is 0 Å². The third-order valence-electron chi connectivity index (χ3n) is 4.06. The summed E-state index contributed by atoms with van der Waals surface area (Å²) in [5.74, 6) is -0.867. The summed E-state index contributed by atoms with van der Waals surface area (Å²) in [4.78, 5) is 29.4. The molecule has 0 N–H and O–H groups in total. The Balaban J connectivity index is 1.77. The van der Waals surface area contributed by atoms with Crippen LogP contribution in [0.5, 0.6) is 0 Å². The summed E-state index contributed by atoms with van der Waals surface area (Å²) in [5.41, 5.74) is 0.890. The molecule has 1 aromatic heterocycles. The summed E-state index contributed by atoms with van der Waals surface area (Å²) in [6.07, 6.45) is 3.17. The van der Waals surface area contributed by atoms with Crippen LogP contribution in [0.25, 0.3) is 0 Å². The molecule has 1 amide bonds. The van der Waals surface area contributed by atoms with Gasteiger partial charge in [-0.05, 0) is 36.4 Å². The van der Waals surface area contributed by atoms with Crippen molar-refractivity contribution in [2.75, 3.05) is 31.6 Å². The number of pyridine rings is 1. The third-order valence-corrected chi connectivity index (χ3v) is 5.92. The van der Waals surface area contributed by atoms with Crippen molar-refractivity contribution >= 4 is 27.6 Å². The van der Waals surface area contributed by atoms with Gasteiger partial charge in [0.25, 0.3) is 0 Å². The second-order valence-corrected chi connectivity index (χ2v) is 7.55. The monoisotopic (exact) mass is 375 g/mol. The highest BCUT2D eigenvalue weighted by atomic mass is 32.2. The van der Waals surface area contributed by atoms with Gasteiger partial charge in [0, 0.05) is 19.3 Å². The van der Waals surface area contributed by atoms with E-state index in [0.717, 1.165) is 4.31 Å². The topological polar surface area (TPSA) is 96.9 Å². The van der Waals surface area contributed by atoms with E-state index < -0.39 is 16.0 Å². The van der Waals surface area contributed by atoms with Crippen LogP contribution in [0.3, 0.4) is 0 Å². The van der Waals surface area contributed by atoms with E-state index in [1.54, 1.807) is 24.5 Å². The average Bonchev–Trinajstić information content (AvgIpc) is 2.68. The van der Waals surface area contributed by atoms with Crippen LogP contribution in [0.1, 0.15) is 10.4 Å². The fourth-order valence-electron chi connectivity index (χ4n) is 2.67. The minimum Gasteiger partial charge on any atom is -0.465 e. The molecule has 3 rings (SSSR count). The van der Waals surface area contributed by atoms with E-state index in [-0.39, 0.29) is 36.0 Å². The van der Waals surface area contributed by atoms with Gasteiger partial charge in [-0.2, -0.15) is 4.31 Å². The van der Waals surface area contributed by atoms with Crippen molar-refractivity contribution in [2.24, 2.45) is 0 Å². The number of nitrogens with zero attached hydrogens (tertiary/aromatic N) is 3. The molecule has 0 radical (unpaired) electrons. The minimum atomic E-state index is -3.83. The number of benzene rings is 1. The molecule has 1 aromatic carbocycles. The number of methoxy groups -OCH3 is 1. The number of sulfonamides is 1. The maximum absolute atomic E-state index is 12.8. The number of carbonyl (C=O) groups excluding carboxylic acids is 2. The zero-order valence-corrected chi connectivity index (χ0v) is 14.8. The fourth-order valence-corrected chi connectivity index (χ4v) is 4.05. The van der Waals surface area contributed by atoms with Crippen LogP contribution in [0.4, 0.5) is 5.69 Å². The lowest BCUT2D eigenvalue weighted by Gasteiger charge is -2.33. The first-order valence-corrected chi connectivity index (χ1v) is 9.26. The van der Waals surface area contributed by atoms with Crippen LogP contribution in [-0.2, 0) is 19.6 Å². The molecule has 1 fully saturated rings. The molecule has 136 valence electrons. The molecule has 0 aliphatic carbocycles. The van der Waals surface area contributed by atoms with Crippen LogP contribution < -0.4 is 4.90 Å². The van der Waals surface area contributed by atoms with Crippen molar-refractivity contribution in [1.82, 2.24) is 9.29 Å². The second-order valence-electron chi connectivity index (χ2n) is 5.61. The second kappa shape index (κ2) is 7.22. The number of aromatic nitrogens is 1. The van der Waals surface area contributed by atoms with Crippen LogP contribution in [-0.4, -0.2) is 56.3 Å². The Morgan fingerprint density at radius 1 is 1.15 bits per heavy atom. The van der Waals surface area contributed by atoms with Crippen molar-refractivity contribution in [3.8, 4) is 0 Å². The lowest BCUT2D eigenvalue weighted by Crippen LogP contribution is -2.52. The molecule has 9 heteroatoms. The predicted molar refractivity (Wildman–Crippen MR) is 93.1 cm³/mol. The lowest BCUT2D eigenvalue weighted by molar-refractivity contribution is -0.119. The molecule has 2 aromatic rings. The van der Waals surface area contributed by atoms with Crippen molar-refractivity contribution in [1.29, 1.82) is 0 Å². The molecule has 0 bridgehead atoms. The first-order chi connectivity index (χ1) is 12.4. The number of carbonyl (C=O) groups is 2. The van der Waals surface area contributed by atoms with Crippen molar-refractivity contribution in [2.45, 2.75) is 4.90 Å². The zero-order chi connectivity index (χ0) is 18.7. The Bertz CT molecular complexity index is 913. The number of hydrogen-bond donors (Lipinski definition) is 0. The maximum atomic E-state index is 12.8. The third kappa shape index (κ3) is 3.44. The van der Waals surface area contributed by atoms with Gasteiger partial charge < -0.3 is 9.64 Å². The summed E-state index contributed by atoms with van der Waals surface area (Å²) in [6, 6.07) is 8.90. The summed E-state index contributed by atoms with van der Waals surface area (Å²) in [6.45, 7) is 0.154. The van der Waals surface area contributed by atoms with Crippen LogP contribution >= 0.6 is 0 Å². The number of piperazine rings is 1. The average molecular weight is 375 g/mol. The van der Waals surface area contributed by atoms with Gasteiger partial charge in [0.2, 0.25) is 15.9 Å². The number of amides is 1. The summed E-state index contributed by atoms with van der Waals surface area (Å²) in [5, 5.41) is 0. The molecule has 1 saturated heterocycles. The summed E-state index contributed by atoms with van der Waals surface area (Å²) >= 11 is 0. The molecule has 0 atom stereocenters. The zero-order valence-electron chi connectivity index (χ0n) is 14.0. The molecular weight excluding hydrogens is 358 g/mol. The molecule has 8 nitrogen and oxygen atoms in total. The number of anilines is 1. The SMILES string of the molecule is COC(=O)c1ccc(S(=O)(=O)N2CCN(c3cccnc3)C(=O)C2)cc1. The fraction of sp³-hybridized carbons (Fsp3) is 0.235. The van der Waals surface area contributed by atoms with E-state index in [1.165, 1.54) is 36.3 Å².